The number of nitroso groups, excluding NO2 is 1. The Morgan fingerprint density at radius 3 is 2.44 bits per heavy atom. The molecule has 170 valence electrons. The van der Waals surface area contributed by atoms with E-state index in [0.29, 0.717) is 28.1 Å². The zero-order chi connectivity index (χ0) is 23.3. The Hall–Kier alpha value is -2.84. The van der Waals surface area contributed by atoms with Crippen molar-refractivity contribution >= 4 is 34.9 Å². The Kier molecular flexibility index (Phi) is 7.93. The molecule has 2 aromatic rings. The van der Waals surface area contributed by atoms with E-state index in [2.05, 4.69) is 39.5 Å². The summed E-state index contributed by atoms with van der Waals surface area (Å²) in [5.74, 6) is -0.357. The lowest BCUT2D eigenvalue weighted by Gasteiger charge is -2.34. The fourth-order valence-electron chi connectivity index (χ4n) is 3.73. The number of hydrogen-bond donors (Lipinski definition) is 2. The summed E-state index contributed by atoms with van der Waals surface area (Å²) in [6.07, 6.45) is 2.97. The molecule has 2 N–H and O–H groups in total. The van der Waals surface area contributed by atoms with Gasteiger partial charge >= 0.3 is 0 Å². The predicted molar refractivity (Wildman–Crippen MR) is 126 cm³/mol. The van der Waals surface area contributed by atoms with E-state index < -0.39 is 11.9 Å². The van der Waals surface area contributed by atoms with Gasteiger partial charge in [0.2, 0.25) is 5.91 Å². The second-order valence-corrected chi connectivity index (χ2v) is 8.73. The van der Waals surface area contributed by atoms with Gasteiger partial charge in [-0.1, -0.05) is 22.8 Å². The van der Waals surface area contributed by atoms with Crippen LogP contribution in [0.15, 0.2) is 41.7 Å². The Balaban J connectivity index is 1.80. The normalized spacial score (nSPS) is 15.9. The first kappa shape index (κ1) is 23.8. The van der Waals surface area contributed by atoms with Gasteiger partial charge in [0.05, 0.1) is 16.3 Å². The molecular weight excluding hydrogens is 430 g/mol. The number of hydrogen-bond acceptors (Lipinski definition) is 6. The minimum Gasteiger partial charge on any atom is -0.325 e. The maximum Gasteiger partial charge on any atom is 0.258 e. The molecule has 1 saturated heterocycles. The summed E-state index contributed by atoms with van der Waals surface area (Å²) in [4.78, 5) is 43.4. The molecule has 1 atom stereocenters. The van der Waals surface area contributed by atoms with Crippen molar-refractivity contribution in [2.24, 2.45) is 11.1 Å². The Bertz CT molecular complexity index is 972. The van der Waals surface area contributed by atoms with Gasteiger partial charge in [-0.05, 0) is 76.5 Å². The molecule has 2 amide bonds. The summed E-state index contributed by atoms with van der Waals surface area (Å²) in [7, 11) is 0. The Morgan fingerprint density at radius 1 is 1.12 bits per heavy atom. The molecule has 0 spiro atoms. The zero-order valence-corrected chi connectivity index (χ0v) is 19.2. The SMILES string of the molecule is CC(N=O)c1ccc(NC(=O)C2CCN(C(C)C)CC2)c(C(=O)Nc2ccc(Cl)cn2)c1. The maximum atomic E-state index is 13.0. The van der Waals surface area contributed by atoms with Crippen molar-refractivity contribution in [2.75, 3.05) is 23.7 Å². The van der Waals surface area contributed by atoms with Crippen molar-refractivity contribution < 1.29 is 9.59 Å². The first-order chi connectivity index (χ1) is 15.3. The summed E-state index contributed by atoms with van der Waals surface area (Å²) in [6, 6.07) is 7.94. The molecule has 1 aliphatic heterocycles. The van der Waals surface area contributed by atoms with Crippen molar-refractivity contribution in [1.82, 2.24) is 9.88 Å². The molecule has 8 nitrogen and oxygen atoms in total. The Labute approximate surface area is 192 Å². The number of pyridine rings is 1. The zero-order valence-electron chi connectivity index (χ0n) is 18.5. The van der Waals surface area contributed by atoms with Crippen LogP contribution in [-0.2, 0) is 4.79 Å². The molecule has 1 aromatic heterocycles. The van der Waals surface area contributed by atoms with Crippen LogP contribution in [0.4, 0.5) is 11.5 Å². The summed E-state index contributed by atoms with van der Waals surface area (Å²) in [5.41, 5.74) is 1.20. The molecule has 0 bridgehead atoms. The highest BCUT2D eigenvalue weighted by Gasteiger charge is 2.27. The first-order valence-electron chi connectivity index (χ1n) is 10.7. The molecule has 1 unspecified atom stereocenters. The van der Waals surface area contributed by atoms with Gasteiger partial charge in [0.1, 0.15) is 11.9 Å². The number of likely N-dealkylation sites (tertiary alicyclic amines) is 1. The van der Waals surface area contributed by atoms with Crippen LogP contribution in [-0.4, -0.2) is 40.8 Å². The average Bonchev–Trinajstić information content (AvgIpc) is 2.80. The third-order valence-electron chi connectivity index (χ3n) is 5.79. The molecule has 0 saturated carbocycles. The second-order valence-electron chi connectivity index (χ2n) is 8.30. The number of anilines is 2. The highest BCUT2D eigenvalue weighted by Crippen LogP contribution is 2.27. The van der Waals surface area contributed by atoms with Gasteiger partial charge in [0.15, 0.2) is 0 Å². The van der Waals surface area contributed by atoms with Gasteiger partial charge < -0.3 is 15.5 Å². The van der Waals surface area contributed by atoms with Crippen LogP contribution in [0.2, 0.25) is 5.02 Å². The van der Waals surface area contributed by atoms with E-state index in [1.165, 1.54) is 6.20 Å². The van der Waals surface area contributed by atoms with Crippen LogP contribution >= 0.6 is 11.6 Å². The molecule has 1 aliphatic rings. The highest BCUT2D eigenvalue weighted by molar-refractivity contribution is 6.30. The van der Waals surface area contributed by atoms with E-state index in [1.807, 2.05) is 0 Å². The highest BCUT2D eigenvalue weighted by atomic mass is 35.5. The van der Waals surface area contributed by atoms with Crippen LogP contribution in [0.25, 0.3) is 0 Å². The van der Waals surface area contributed by atoms with Gasteiger partial charge in [-0.3, -0.25) is 9.59 Å². The maximum absolute atomic E-state index is 13.0. The third-order valence-corrected chi connectivity index (χ3v) is 6.01. The van der Waals surface area contributed by atoms with Crippen LogP contribution in [0.3, 0.4) is 0 Å². The molecule has 2 heterocycles. The monoisotopic (exact) mass is 457 g/mol. The summed E-state index contributed by atoms with van der Waals surface area (Å²) < 4.78 is 0. The largest absolute Gasteiger partial charge is 0.325 e. The van der Waals surface area contributed by atoms with Crippen LogP contribution in [0.1, 0.15) is 55.6 Å². The minimum absolute atomic E-state index is 0.110. The van der Waals surface area contributed by atoms with Gasteiger partial charge in [-0.25, -0.2) is 4.98 Å². The number of nitrogens with one attached hydrogen (secondary N) is 2. The number of halogens is 1. The number of benzene rings is 1. The van der Waals surface area contributed by atoms with Crippen LogP contribution in [0.5, 0.6) is 0 Å². The molecule has 3 rings (SSSR count). The first-order valence-corrected chi connectivity index (χ1v) is 11.1. The molecule has 32 heavy (non-hydrogen) atoms. The lowest BCUT2D eigenvalue weighted by molar-refractivity contribution is -0.121. The van der Waals surface area contributed by atoms with E-state index in [9.17, 15) is 14.5 Å². The average molecular weight is 458 g/mol. The van der Waals surface area contributed by atoms with Gasteiger partial charge in [-0.2, -0.15) is 4.91 Å². The molecule has 9 heteroatoms. The number of aromatic nitrogens is 1. The topological polar surface area (TPSA) is 104 Å². The summed E-state index contributed by atoms with van der Waals surface area (Å²) >= 11 is 5.85. The third kappa shape index (κ3) is 5.89. The van der Waals surface area contributed by atoms with E-state index in [4.69, 9.17) is 11.6 Å². The standard InChI is InChI=1S/C23H28ClN5O3/c1-14(2)29-10-8-16(9-11-29)22(30)26-20-6-4-17(15(3)28-32)12-19(20)23(31)27-21-7-5-18(24)13-25-21/h4-7,12-16H,8-11H2,1-3H3,(H,26,30)(H,25,27,31). The van der Waals surface area contributed by atoms with E-state index in [1.54, 1.807) is 37.3 Å². The molecule has 1 aromatic carbocycles. The van der Waals surface area contributed by atoms with E-state index >= 15 is 0 Å². The summed E-state index contributed by atoms with van der Waals surface area (Å²) in [5, 5.41) is 9.11. The van der Waals surface area contributed by atoms with Crippen molar-refractivity contribution in [1.29, 1.82) is 0 Å². The lowest BCUT2D eigenvalue weighted by atomic mass is 9.94. The number of carbonyl (C=O) groups is 2. The van der Waals surface area contributed by atoms with Crippen molar-refractivity contribution in [3.63, 3.8) is 0 Å². The molecule has 0 aliphatic carbocycles. The number of amides is 2. The van der Waals surface area contributed by atoms with Gasteiger partial charge in [0, 0.05) is 18.2 Å². The fraction of sp³-hybridized carbons (Fsp3) is 0.435. The number of piperidine rings is 1. The summed E-state index contributed by atoms with van der Waals surface area (Å²) in [6.45, 7) is 7.68. The number of carbonyl (C=O) groups excluding carboxylic acids is 2. The quantitative estimate of drug-likeness (QED) is 0.577. The molecule has 0 radical (unpaired) electrons. The van der Waals surface area contributed by atoms with Crippen LogP contribution in [0, 0.1) is 10.8 Å². The Morgan fingerprint density at radius 2 is 1.84 bits per heavy atom. The number of rotatable bonds is 7. The molecule has 1 fully saturated rings. The smallest absolute Gasteiger partial charge is 0.258 e. The van der Waals surface area contributed by atoms with Crippen molar-refractivity contribution in [2.45, 2.75) is 45.7 Å². The molecular formula is C23H28ClN5O3. The van der Waals surface area contributed by atoms with Crippen molar-refractivity contribution in [3.8, 4) is 0 Å². The second kappa shape index (κ2) is 10.7. The lowest BCUT2D eigenvalue weighted by Crippen LogP contribution is -2.41. The van der Waals surface area contributed by atoms with Crippen LogP contribution < -0.4 is 10.6 Å². The van der Waals surface area contributed by atoms with Gasteiger partial charge in [0.25, 0.3) is 5.91 Å². The fourth-order valence-corrected chi connectivity index (χ4v) is 3.84. The number of nitrogens with zero attached hydrogens (tertiary/aromatic N) is 3. The van der Waals surface area contributed by atoms with Crippen molar-refractivity contribution in [3.05, 3.63) is 57.6 Å². The minimum atomic E-state index is -0.625. The van der Waals surface area contributed by atoms with E-state index in [0.717, 1.165) is 25.9 Å². The predicted octanol–water partition coefficient (Wildman–Crippen LogP) is 4.87. The van der Waals surface area contributed by atoms with Gasteiger partial charge in [-0.15, -0.1) is 0 Å². The van der Waals surface area contributed by atoms with E-state index in [-0.39, 0.29) is 17.4 Å².